The first-order chi connectivity index (χ1) is 11.4. The van der Waals surface area contributed by atoms with Crippen LogP contribution in [-0.4, -0.2) is 16.0 Å². The SMILES string of the molecule is Cc1ccc(NC(=O)Nc2ccc3nc(C)c(C)nc3c2)cc1C. The zero-order chi connectivity index (χ0) is 17.3. The second-order valence-corrected chi connectivity index (χ2v) is 5.98. The molecule has 0 aliphatic heterocycles. The number of anilines is 2. The molecule has 0 atom stereocenters. The molecule has 3 rings (SSSR count). The minimum atomic E-state index is -0.283. The number of hydrogen-bond acceptors (Lipinski definition) is 3. The summed E-state index contributed by atoms with van der Waals surface area (Å²) in [6, 6.07) is 11.1. The summed E-state index contributed by atoms with van der Waals surface area (Å²) >= 11 is 0. The number of aryl methyl sites for hydroxylation is 4. The molecule has 122 valence electrons. The lowest BCUT2D eigenvalue weighted by atomic mass is 10.1. The van der Waals surface area contributed by atoms with E-state index in [1.807, 2.05) is 64.1 Å². The number of nitrogens with zero attached hydrogens (tertiary/aromatic N) is 2. The highest BCUT2D eigenvalue weighted by molar-refractivity contribution is 6.00. The minimum absolute atomic E-state index is 0.283. The van der Waals surface area contributed by atoms with Gasteiger partial charge in [-0.15, -0.1) is 0 Å². The van der Waals surface area contributed by atoms with E-state index in [0.29, 0.717) is 5.69 Å². The predicted octanol–water partition coefficient (Wildman–Crippen LogP) is 4.51. The maximum Gasteiger partial charge on any atom is 0.323 e. The van der Waals surface area contributed by atoms with E-state index in [0.717, 1.165) is 33.7 Å². The van der Waals surface area contributed by atoms with Crippen LogP contribution in [0.3, 0.4) is 0 Å². The van der Waals surface area contributed by atoms with Gasteiger partial charge < -0.3 is 10.6 Å². The number of carbonyl (C=O) groups excluding carboxylic acids is 1. The van der Waals surface area contributed by atoms with Crippen molar-refractivity contribution in [1.82, 2.24) is 9.97 Å². The summed E-state index contributed by atoms with van der Waals surface area (Å²) in [5.41, 5.74) is 7.17. The molecular weight excluding hydrogens is 300 g/mol. The van der Waals surface area contributed by atoms with Crippen LogP contribution in [-0.2, 0) is 0 Å². The third-order valence-electron chi connectivity index (χ3n) is 4.10. The van der Waals surface area contributed by atoms with Gasteiger partial charge in [-0.1, -0.05) is 6.07 Å². The van der Waals surface area contributed by atoms with Crippen LogP contribution in [0, 0.1) is 27.7 Å². The summed E-state index contributed by atoms with van der Waals surface area (Å²) in [5, 5.41) is 5.67. The van der Waals surface area contributed by atoms with Gasteiger partial charge in [0.05, 0.1) is 22.4 Å². The van der Waals surface area contributed by atoms with Gasteiger partial charge in [-0.05, 0) is 69.2 Å². The highest BCUT2D eigenvalue weighted by Crippen LogP contribution is 2.18. The molecule has 0 fully saturated rings. The van der Waals surface area contributed by atoms with E-state index in [2.05, 4.69) is 20.6 Å². The van der Waals surface area contributed by atoms with E-state index >= 15 is 0 Å². The van der Waals surface area contributed by atoms with Crippen LogP contribution < -0.4 is 10.6 Å². The second-order valence-electron chi connectivity index (χ2n) is 5.98. The Hall–Kier alpha value is -2.95. The summed E-state index contributed by atoms with van der Waals surface area (Å²) in [5.74, 6) is 0. The van der Waals surface area contributed by atoms with E-state index in [-0.39, 0.29) is 6.03 Å². The molecule has 0 aliphatic rings. The van der Waals surface area contributed by atoms with E-state index in [9.17, 15) is 4.79 Å². The van der Waals surface area contributed by atoms with Crippen molar-refractivity contribution in [3.63, 3.8) is 0 Å². The van der Waals surface area contributed by atoms with Crippen LogP contribution in [0.5, 0.6) is 0 Å². The van der Waals surface area contributed by atoms with Gasteiger partial charge in [-0.25, -0.2) is 14.8 Å². The lowest BCUT2D eigenvalue weighted by Crippen LogP contribution is -2.19. The molecule has 0 saturated carbocycles. The molecule has 0 radical (unpaired) electrons. The van der Waals surface area contributed by atoms with Crippen molar-refractivity contribution >= 4 is 28.4 Å². The number of carbonyl (C=O) groups is 1. The molecule has 5 nitrogen and oxygen atoms in total. The van der Waals surface area contributed by atoms with Crippen LogP contribution in [0.15, 0.2) is 36.4 Å². The van der Waals surface area contributed by atoms with E-state index in [4.69, 9.17) is 0 Å². The molecule has 3 aromatic rings. The normalized spacial score (nSPS) is 10.7. The van der Waals surface area contributed by atoms with Crippen molar-refractivity contribution in [2.24, 2.45) is 0 Å². The Balaban J connectivity index is 1.77. The van der Waals surface area contributed by atoms with Crippen molar-refractivity contribution in [2.75, 3.05) is 10.6 Å². The van der Waals surface area contributed by atoms with Gasteiger partial charge in [-0.2, -0.15) is 0 Å². The Bertz CT molecular complexity index is 934. The monoisotopic (exact) mass is 320 g/mol. The topological polar surface area (TPSA) is 66.9 Å². The maximum atomic E-state index is 12.2. The molecule has 1 heterocycles. The van der Waals surface area contributed by atoms with Crippen LogP contribution in [0.2, 0.25) is 0 Å². The molecule has 2 N–H and O–H groups in total. The lowest BCUT2D eigenvalue weighted by molar-refractivity contribution is 0.262. The second kappa shape index (κ2) is 6.28. The fraction of sp³-hybridized carbons (Fsp3) is 0.211. The fourth-order valence-electron chi connectivity index (χ4n) is 2.42. The number of aromatic nitrogens is 2. The average Bonchev–Trinajstić information content (AvgIpc) is 2.52. The predicted molar refractivity (Wildman–Crippen MR) is 97.6 cm³/mol. The average molecular weight is 320 g/mol. The van der Waals surface area contributed by atoms with Gasteiger partial charge in [0, 0.05) is 11.4 Å². The summed E-state index contributed by atoms with van der Waals surface area (Å²) in [7, 11) is 0. The molecule has 0 spiro atoms. The zero-order valence-electron chi connectivity index (χ0n) is 14.3. The molecule has 24 heavy (non-hydrogen) atoms. The largest absolute Gasteiger partial charge is 0.323 e. The first kappa shape index (κ1) is 15.9. The van der Waals surface area contributed by atoms with Gasteiger partial charge in [0.15, 0.2) is 0 Å². The summed E-state index contributed by atoms with van der Waals surface area (Å²) in [6.45, 7) is 7.92. The van der Waals surface area contributed by atoms with Gasteiger partial charge in [-0.3, -0.25) is 0 Å². The third-order valence-corrected chi connectivity index (χ3v) is 4.10. The first-order valence-electron chi connectivity index (χ1n) is 7.82. The highest BCUT2D eigenvalue weighted by atomic mass is 16.2. The zero-order valence-corrected chi connectivity index (χ0v) is 14.3. The number of amides is 2. The van der Waals surface area contributed by atoms with Gasteiger partial charge >= 0.3 is 6.03 Å². The van der Waals surface area contributed by atoms with E-state index in [1.54, 1.807) is 0 Å². The number of fused-ring (bicyclic) bond motifs is 1. The molecule has 0 bridgehead atoms. The van der Waals surface area contributed by atoms with Crippen molar-refractivity contribution in [3.8, 4) is 0 Å². The quantitative estimate of drug-likeness (QED) is 0.730. The van der Waals surface area contributed by atoms with Crippen molar-refractivity contribution in [3.05, 3.63) is 58.9 Å². The Morgan fingerprint density at radius 3 is 2.00 bits per heavy atom. The molecule has 0 unspecified atom stereocenters. The summed E-state index contributed by atoms with van der Waals surface area (Å²) in [4.78, 5) is 21.2. The number of benzene rings is 2. The van der Waals surface area contributed by atoms with Gasteiger partial charge in [0.1, 0.15) is 0 Å². The number of rotatable bonds is 2. The molecule has 1 aromatic heterocycles. The Labute approximate surface area is 141 Å². The smallest absolute Gasteiger partial charge is 0.308 e. The standard InChI is InChI=1S/C19H20N4O/c1-11-5-6-15(9-12(11)2)22-19(24)23-16-7-8-17-18(10-16)21-14(4)13(3)20-17/h5-10H,1-4H3,(H2,22,23,24). The first-order valence-corrected chi connectivity index (χ1v) is 7.82. The van der Waals surface area contributed by atoms with Crippen LogP contribution in [0.1, 0.15) is 22.5 Å². The lowest BCUT2D eigenvalue weighted by Gasteiger charge is -2.10. The molecule has 0 aliphatic carbocycles. The Morgan fingerprint density at radius 1 is 0.750 bits per heavy atom. The van der Waals surface area contributed by atoms with Crippen LogP contribution in [0.25, 0.3) is 11.0 Å². The summed E-state index contributed by atoms with van der Waals surface area (Å²) in [6.07, 6.45) is 0. The van der Waals surface area contributed by atoms with Crippen molar-refractivity contribution in [1.29, 1.82) is 0 Å². The van der Waals surface area contributed by atoms with Gasteiger partial charge in [0.25, 0.3) is 0 Å². The number of hydrogen-bond donors (Lipinski definition) is 2. The van der Waals surface area contributed by atoms with Crippen LogP contribution in [0.4, 0.5) is 16.2 Å². The molecule has 2 aromatic carbocycles. The fourth-order valence-corrected chi connectivity index (χ4v) is 2.42. The molecule has 0 saturated heterocycles. The number of nitrogens with one attached hydrogen (secondary N) is 2. The van der Waals surface area contributed by atoms with Crippen molar-refractivity contribution < 1.29 is 4.79 Å². The number of urea groups is 1. The minimum Gasteiger partial charge on any atom is -0.308 e. The Kier molecular flexibility index (Phi) is 4.16. The van der Waals surface area contributed by atoms with Crippen molar-refractivity contribution in [2.45, 2.75) is 27.7 Å². The highest BCUT2D eigenvalue weighted by Gasteiger charge is 2.06. The maximum absolute atomic E-state index is 12.2. The van der Waals surface area contributed by atoms with Gasteiger partial charge in [0.2, 0.25) is 0 Å². The molecule has 2 amide bonds. The molecular formula is C19H20N4O. The molecule has 5 heteroatoms. The van der Waals surface area contributed by atoms with E-state index < -0.39 is 0 Å². The van der Waals surface area contributed by atoms with E-state index in [1.165, 1.54) is 5.56 Å². The Morgan fingerprint density at radius 2 is 1.33 bits per heavy atom. The third kappa shape index (κ3) is 3.35. The summed E-state index contributed by atoms with van der Waals surface area (Å²) < 4.78 is 0. The van der Waals surface area contributed by atoms with Crippen LogP contribution >= 0.6 is 0 Å².